The molecule has 1 aliphatic heterocycles. The molecule has 1 aromatic carbocycles. The number of nitriles is 1. The second-order valence-electron chi connectivity index (χ2n) is 5.11. The van der Waals surface area contributed by atoms with Crippen molar-refractivity contribution in [3.63, 3.8) is 0 Å². The van der Waals surface area contributed by atoms with Crippen LogP contribution in [0.2, 0.25) is 5.15 Å². The van der Waals surface area contributed by atoms with Crippen molar-refractivity contribution in [3.8, 4) is 6.07 Å². The van der Waals surface area contributed by atoms with E-state index in [0.717, 1.165) is 16.0 Å². The maximum atomic E-state index is 12.7. The highest BCUT2D eigenvalue weighted by Gasteiger charge is 2.30. The van der Waals surface area contributed by atoms with Gasteiger partial charge in [0.1, 0.15) is 16.6 Å². The molecule has 1 aliphatic rings. The molecule has 0 N–H and O–H groups in total. The molecule has 1 aromatic heterocycles. The van der Waals surface area contributed by atoms with Crippen LogP contribution in [-0.4, -0.2) is 43.3 Å². The average molecular weight is 448 g/mol. The van der Waals surface area contributed by atoms with Crippen molar-refractivity contribution in [2.75, 3.05) is 31.1 Å². The van der Waals surface area contributed by atoms with Gasteiger partial charge in [-0.2, -0.15) is 13.9 Å². The van der Waals surface area contributed by atoms with E-state index in [-0.39, 0.29) is 10.0 Å². The first-order valence-electron chi connectivity index (χ1n) is 6.99. The lowest BCUT2D eigenvalue weighted by atomic mass is 10.3. The molecule has 10 heteroatoms. The minimum absolute atomic E-state index is 0.197. The van der Waals surface area contributed by atoms with Gasteiger partial charge in [-0.05, 0) is 35.8 Å². The molecule has 0 radical (unpaired) electrons. The monoisotopic (exact) mass is 446 g/mol. The van der Waals surface area contributed by atoms with E-state index in [1.807, 2.05) is 4.90 Å². The van der Waals surface area contributed by atoms with Crippen LogP contribution < -0.4 is 4.90 Å². The van der Waals surface area contributed by atoms with Gasteiger partial charge in [0.15, 0.2) is 5.15 Å². The van der Waals surface area contributed by atoms with Gasteiger partial charge in [-0.15, -0.1) is 0 Å². The molecule has 2 aromatic rings. The molecule has 126 valence electrons. The number of anilines is 1. The molecule has 24 heavy (non-hydrogen) atoms. The molecule has 0 amide bonds. The van der Waals surface area contributed by atoms with E-state index in [4.69, 9.17) is 16.9 Å². The summed E-state index contributed by atoms with van der Waals surface area (Å²) < 4.78 is 31.6. The maximum absolute atomic E-state index is 12.7. The van der Waals surface area contributed by atoms with Gasteiger partial charge in [0.25, 0.3) is 0 Å². The van der Waals surface area contributed by atoms with Crippen LogP contribution in [0, 0.1) is 11.3 Å². The van der Waals surface area contributed by atoms with Gasteiger partial charge in [-0.1, -0.05) is 27.5 Å². The highest BCUT2D eigenvalue weighted by Crippen LogP contribution is 2.32. The average Bonchev–Trinajstić information content (AvgIpc) is 2.96. The molecular formula is C14H12BrClN4O2S2. The van der Waals surface area contributed by atoms with Crippen molar-refractivity contribution < 1.29 is 8.42 Å². The van der Waals surface area contributed by atoms with E-state index in [0.29, 0.717) is 36.7 Å². The SMILES string of the molecule is N#Cc1c(Cl)nsc1N1CCN(S(=O)(=O)c2ccc(Br)cc2)CC1. The first-order chi connectivity index (χ1) is 11.4. The van der Waals surface area contributed by atoms with Crippen LogP contribution in [0.15, 0.2) is 33.6 Å². The molecular weight excluding hydrogens is 436 g/mol. The first kappa shape index (κ1) is 17.6. The minimum Gasteiger partial charge on any atom is -0.358 e. The number of nitrogens with zero attached hydrogens (tertiary/aromatic N) is 4. The summed E-state index contributed by atoms with van der Waals surface area (Å²) in [6.07, 6.45) is 0. The lowest BCUT2D eigenvalue weighted by Gasteiger charge is -2.34. The third kappa shape index (κ3) is 3.30. The fourth-order valence-corrected chi connectivity index (χ4v) is 5.23. The summed E-state index contributed by atoms with van der Waals surface area (Å²) >= 11 is 10.4. The number of hydrogen-bond donors (Lipinski definition) is 0. The molecule has 0 saturated carbocycles. The Morgan fingerprint density at radius 1 is 1.21 bits per heavy atom. The normalized spacial score (nSPS) is 16.1. The van der Waals surface area contributed by atoms with Crippen LogP contribution in [0.5, 0.6) is 0 Å². The van der Waals surface area contributed by atoms with E-state index in [1.54, 1.807) is 24.3 Å². The van der Waals surface area contributed by atoms with Crippen LogP contribution in [0.4, 0.5) is 5.00 Å². The molecule has 0 bridgehead atoms. The van der Waals surface area contributed by atoms with Crippen LogP contribution in [0.1, 0.15) is 5.56 Å². The smallest absolute Gasteiger partial charge is 0.243 e. The molecule has 0 spiro atoms. The van der Waals surface area contributed by atoms with Crippen LogP contribution in [0.25, 0.3) is 0 Å². The second-order valence-corrected chi connectivity index (χ2v) is 9.07. The number of halogens is 2. The van der Waals surface area contributed by atoms with Crippen molar-refractivity contribution in [3.05, 3.63) is 39.5 Å². The lowest BCUT2D eigenvalue weighted by molar-refractivity contribution is 0.385. The van der Waals surface area contributed by atoms with Crippen molar-refractivity contribution in [1.29, 1.82) is 5.26 Å². The van der Waals surface area contributed by atoms with E-state index < -0.39 is 10.0 Å². The first-order valence-corrected chi connectivity index (χ1v) is 10.4. The van der Waals surface area contributed by atoms with Gasteiger partial charge in [-0.3, -0.25) is 0 Å². The van der Waals surface area contributed by atoms with Gasteiger partial charge < -0.3 is 4.90 Å². The summed E-state index contributed by atoms with van der Waals surface area (Å²) in [5.41, 5.74) is 0.353. The zero-order valence-electron chi connectivity index (χ0n) is 12.3. The van der Waals surface area contributed by atoms with E-state index >= 15 is 0 Å². The van der Waals surface area contributed by atoms with Crippen molar-refractivity contribution in [2.45, 2.75) is 4.90 Å². The molecule has 0 unspecified atom stereocenters. The van der Waals surface area contributed by atoms with Gasteiger partial charge in [0.05, 0.1) is 4.90 Å². The van der Waals surface area contributed by atoms with E-state index in [1.165, 1.54) is 4.31 Å². The van der Waals surface area contributed by atoms with Gasteiger partial charge in [0, 0.05) is 30.7 Å². The Morgan fingerprint density at radius 3 is 2.42 bits per heavy atom. The molecule has 1 saturated heterocycles. The molecule has 0 atom stereocenters. The number of benzene rings is 1. The predicted molar refractivity (Wildman–Crippen MR) is 97.0 cm³/mol. The topological polar surface area (TPSA) is 77.3 Å². The van der Waals surface area contributed by atoms with Crippen molar-refractivity contribution in [2.24, 2.45) is 0 Å². The summed E-state index contributed by atoms with van der Waals surface area (Å²) in [6.45, 7) is 1.67. The summed E-state index contributed by atoms with van der Waals surface area (Å²) in [6, 6.07) is 8.64. The zero-order chi connectivity index (χ0) is 17.3. The minimum atomic E-state index is -3.51. The Morgan fingerprint density at radius 2 is 1.83 bits per heavy atom. The van der Waals surface area contributed by atoms with Crippen LogP contribution >= 0.6 is 39.1 Å². The third-order valence-electron chi connectivity index (χ3n) is 3.72. The molecule has 6 nitrogen and oxygen atoms in total. The molecule has 2 heterocycles. The standard InChI is InChI=1S/C14H12BrClN4O2S2/c15-10-1-3-11(4-2-10)24(21,22)20-7-5-19(6-8-20)14-12(9-17)13(16)18-23-14/h1-4H,5-8H2. The third-order valence-corrected chi connectivity index (χ3v) is 7.45. The summed E-state index contributed by atoms with van der Waals surface area (Å²) in [7, 11) is -3.51. The van der Waals surface area contributed by atoms with E-state index in [9.17, 15) is 8.42 Å². The fraction of sp³-hybridized carbons (Fsp3) is 0.286. The summed E-state index contributed by atoms with van der Waals surface area (Å²) in [5.74, 6) is 0. The second kappa shape index (κ2) is 6.98. The summed E-state index contributed by atoms with van der Waals surface area (Å²) in [5, 5.41) is 10.1. The quantitative estimate of drug-likeness (QED) is 0.723. The van der Waals surface area contributed by atoms with Crippen molar-refractivity contribution >= 4 is 54.1 Å². The number of piperazine rings is 1. The molecule has 1 fully saturated rings. The van der Waals surface area contributed by atoms with Crippen LogP contribution in [-0.2, 0) is 10.0 Å². The predicted octanol–water partition coefficient (Wildman–Crippen LogP) is 2.94. The van der Waals surface area contributed by atoms with E-state index in [2.05, 4.69) is 26.4 Å². The van der Waals surface area contributed by atoms with Gasteiger partial charge in [0.2, 0.25) is 10.0 Å². The Hall–Kier alpha value is -1.18. The molecule has 3 rings (SSSR count). The Bertz CT molecular complexity index is 884. The highest BCUT2D eigenvalue weighted by atomic mass is 79.9. The van der Waals surface area contributed by atoms with Gasteiger partial charge in [-0.25, -0.2) is 8.42 Å². The highest BCUT2D eigenvalue weighted by molar-refractivity contribution is 9.10. The number of aromatic nitrogens is 1. The maximum Gasteiger partial charge on any atom is 0.243 e. The Labute approximate surface area is 157 Å². The Balaban J connectivity index is 1.75. The molecule has 0 aliphatic carbocycles. The number of sulfonamides is 1. The number of rotatable bonds is 3. The largest absolute Gasteiger partial charge is 0.358 e. The Kier molecular flexibility index (Phi) is 5.13. The lowest BCUT2D eigenvalue weighted by Crippen LogP contribution is -2.48. The number of hydrogen-bond acceptors (Lipinski definition) is 6. The van der Waals surface area contributed by atoms with Crippen molar-refractivity contribution in [1.82, 2.24) is 8.68 Å². The van der Waals surface area contributed by atoms with Gasteiger partial charge >= 0.3 is 0 Å². The summed E-state index contributed by atoms with van der Waals surface area (Å²) in [4.78, 5) is 2.23. The fourth-order valence-electron chi connectivity index (χ4n) is 2.46. The van der Waals surface area contributed by atoms with Crippen LogP contribution in [0.3, 0.4) is 0 Å². The zero-order valence-corrected chi connectivity index (χ0v) is 16.3.